The molecule has 3 rings (SSSR count). The van der Waals surface area contributed by atoms with E-state index in [4.69, 9.17) is 9.47 Å². The summed E-state index contributed by atoms with van der Waals surface area (Å²) in [6, 6.07) is 0. The molecule has 0 aromatic carbocycles. The molecule has 6 atom stereocenters. The van der Waals surface area contributed by atoms with E-state index in [0.717, 1.165) is 0 Å². The Kier molecular flexibility index (Phi) is 1.32. The third-order valence-electron chi connectivity index (χ3n) is 3.60. The van der Waals surface area contributed by atoms with Crippen LogP contribution >= 0.6 is 0 Å². The molecule has 2 fully saturated rings. The first-order valence-corrected chi connectivity index (χ1v) is 4.59. The van der Waals surface area contributed by atoms with Crippen molar-refractivity contribution in [1.82, 2.24) is 0 Å². The van der Waals surface area contributed by atoms with Gasteiger partial charge in [0.05, 0.1) is 12.2 Å². The second kappa shape index (κ2) is 2.14. The zero-order valence-electron chi connectivity index (χ0n) is 7.62. The number of fused-ring (bicyclic) bond motifs is 3. The van der Waals surface area contributed by atoms with Gasteiger partial charge in [0.25, 0.3) is 0 Å². The summed E-state index contributed by atoms with van der Waals surface area (Å²) in [5.74, 6) is -0.625. The maximum atomic E-state index is 10.2. The number of hydrogen-bond donors (Lipinski definition) is 3. The molecule has 0 unspecified atom stereocenters. The third-order valence-corrected chi connectivity index (χ3v) is 3.60. The van der Waals surface area contributed by atoms with E-state index in [-0.39, 0.29) is 0 Å². The van der Waals surface area contributed by atoms with Gasteiger partial charge in [-0.15, -0.1) is 0 Å². The molecule has 1 saturated carbocycles. The Morgan fingerprint density at radius 2 is 2.07 bits per heavy atom. The second-order valence-electron chi connectivity index (χ2n) is 4.36. The van der Waals surface area contributed by atoms with E-state index >= 15 is 0 Å². The van der Waals surface area contributed by atoms with Crippen molar-refractivity contribution in [2.24, 2.45) is 5.92 Å². The van der Waals surface area contributed by atoms with Gasteiger partial charge in [-0.3, -0.25) is 0 Å². The Hall–Kier alpha value is -0.620. The lowest BCUT2D eigenvalue weighted by Crippen LogP contribution is -2.53. The van der Waals surface area contributed by atoms with Crippen LogP contribution in [0.1, 0.15) is 6.92 Å². The molecule has 1 saturated heterocycles. The van der Waals surface area contributed by atoms with Crippen molar-refractivity contribution in [3.05, 3.63) is 12.3 Å². The molecule has 5 heteroatoms. The molecule has 3 N–H and O–H groups in total. The van der Waals surface area contributed by atoms with Crippen LogP contribution in [-0.4, -0.2) is 45.0 Å². The van der Waals surface area contributed by atoms with Crippen LogP contribution in [0.2, 0.25) is 0 Å². The summed E-state index contributed by atoms with van der Waals surface area (Å²) in [7, 11) is 0. The molecule has 0 amide bonds. The Labute approximate surface area is 80.6 Å². The van der Waals surface area contributed by atoms with Crippen molar-refractivity contribution in [2.45, 2.75) is 36.6 Å². The van der Waals surface area contributed by atoms with Crippen LogP contribution in [-0.2, 0) is 9.47 Å². The van der Waals surface area contributed by atoms with Crippen LogP contribution in [0.25, 0.3) is 0 Å². The minimum atomic E-state index is -1.42. The van der Waals surface area contributed by atoms with Gasteiger partial charge in [0, 0.05) is 0 Å². The fourth-order valence-electron chi connectivity index (χ4n) is 2.77. The van der Waals surface area contributed by atoms with Gasteiger partial charge >= 0.3 is 0 Å². The zero-order valence-corrected chi connectivity index (χ0v) is 7.62. The van der Waals surface area contributed by atoms with Crippen LogP contribution < -0.4 is 0 Å². The third kappa shape index (κ3) is 0.716. The minimum Gasteiger partial charge on any atom is -0.472 e. The highest BCUT2D eigenvalue weighted by molar-refractivity contribution is 5.30. The Morgan fingerprint density at radius 1 is 1.36 bits per heavy atom. The average molecular weight is 200 g/mol. The summed E-state index contributed by atoms with van der Waals surface area (Å²) < 4.78 is 10.2. The molecular weight excluding hydrogens is 188 g/mol. The first-order valence-electron chi connectivity index (χ1n) is 4.59. The lowest BCUT2D eigenvalue weighted by atomic mass is 9.82. The normalized spacial score (nSPS) is 64.3. The molecule has 0 aromatic rings. The molecule has 3 aliphatic rings. The summed E-state index contributed by atoms with van der Waals surface area (Å²) in [6.45, 7) is 1.76. The fraction of sp³-hybridized carbons (Fsp3) is 0.778. The number of epoxide rings is 1. The molecule has 0 spiro atoms. The summed E-state index contributed by atoms with van der Waals surface area (Å²) >= 11 is 0. The molecule has 1 aliphatic carbocycles. The Morgan fingerprint density at radius 3 is 2.71 bits per heavy atom. The molecule has 78 valence electrons. The van der Waals surface area contributed by atoms with Crippen molar-refractivity contribution in [1.29, 1.82) is 0 Å². The maximum Gasteiger partial charge on any atom is 0.205 e. The number of aliphatic hydroxyl groups excluding tert-OH is 2. The number of rotatable bonds is 0. The van der Waals surface area contributed by atoms with E-state index in [0.29, 0.717) is 0 Å². The van der Waals surface area contributed by atoms with Gasteiger partial charge in [-0.05, 0) is 13.0 Å². The van der Waals surface area contributed by atoms with E-state index < -0.39 is 35.6 Å². The molecule has 2 heterocycles. The van der Waals surface area contributed by atoms with Crippen molar-refractivity contribution in [3.63, 3.8) is 0 Å². The highest BCUT2D eigenvalue weighted by atomic mass is 16.6. The largest absolute Gasteiger partial charge is 0.472 e. The Bertz CT molecular complexity index is 316. The predicted molar refractivity (Wildman–Crippen MR) is 44.0 cm³/mol. The van der Waals surface area contributed by atoms with E-state index in [1.54, 1.807) is 6.92 Å². The van der Waals surface area contributed by atoms with Crippen molar-refractivity contribution < 1.29 is 24.8 Å². The first kappa shape index (κ1) is 8.67. The van der Waals surface area contributed by atoms with Gasteiger partial charge < -0.3 is 24.8 Å². The molecular formula is C9H12O5. The average Bonchev–Trinajstić information content (AvgIpc) is 2.72. The van der Waals surface area contributed by atoms with Gasteiger partial charge in [0.1, 0.15) is 23.4 Å². The topological polar surface area (TPSA) is 82.5 Å². The van der Waals surface area contributed by atoms with E-state index in [9.17, 15) is 15.3 Å². The first-order chi connectivity index (χ1) is 6.50. The lowest BCUT2D eigenvalue weighted by Gasteiger charge is -2.38. The number of hydrogen-bond acceptors (Lipinski definition) is 5. The van der Waals surface area contributed by atoms with Crippen LogP contribution in [0.15, 0.2) is 12.3 Å². The SMILES string of the molecule is C[C@]12O[C@H]1[C@@H](O)[C@]1(O)C=CO[C@@H](O)[C@@H]12. The van der Waals surface area contributed by atoms with E-state index in [2.05, 4.69) is 0 Å². The van der Waals surface area contributed by atoms with Crippen LogP contribution in [0.3, 0.4) is 0 Å². The summed E-state index contributed by atoms with van der Waals surface area (Å²) in [4.78, 5) is 0. The minimum absolute atomic E-state index is 0.404. The van der Waals surface area contributed by atoms with Crippen LogP contribution in [0.5, 0.6) is 0 Å². The summed E-state index contributed by atoms with van der Waals surface area (Å²) in [6.07, 6.45) is 0.0804. The highest BCUT2D eigenvalue weighted by Gasteiger charge is 2.78. The molecule has 2 aliphatic heterocycles. The zero-order chi connectivity index (χ0) is 10.1. The number of aliphatic hydroxyl groups is 3. The van der Waals surface area contributed by atoms with Crippen molar-refractivity contribution in [2.75, 3.05) is 0 Å². The monoisotopic (exact) mass is 200 g/mol. The highest BCUT2D eigenvalue weighted by Crippen LogP contribution is 2.60. The van der Waals surface area contributed by atoms with Crippen molar-refractivity contribution in [3.8, 4) is 0 Å². The van der Waals surface area contributed by atoms with Gasteiger partial charge in [0.15, 0.2) is 0 Å². The van der Waals surface area contributed by atoms with Crippen LogP contribution in [0, 0.1) is 5.92 Å². The standard InChI is InChI=1S/C9H12O5/c1-8-4-7(11)13-3-2-9(4,12)5(10)6(8)14-8/h2-7,10-12H,1H3/t4-,5-,6+,7-,8-,9+/m1/s1. The van der Waals surface area contributed by atoms with Gasteiger partial charge in [-0.1, -0.05) is 0 Å². The lowest BCUT2D eigenvalue weighted by molar-refractivity contribution is -0.200. The van der Waals surface area contributed by atoms with E-state index in [1.165, 1.54) is 12.3 Å². The molecule has 5 nitrogen and oxygen atoms in total. The second-order valence-corrected chi connectivity index (χ2v) is 4.36. The smallest absolute Gasteiger partial charge is 0.205 e. The Balaban J connectivity index is 2.08. The molecule has 14 heavy (non-hydrogen) atoms. The molecule has 0 bridgehead atoms. The summed E-state index contributed by atoms with van der Waals surface area (Å²) in [5.41, 5.74) is -2.09. The molecule has 0 aromatic heterocycles. The molecule has 0 radical (unpaired) electrons. The summed E-state index contributed by atoms with van der Waals surface area (Å²) in [5, 5.41) is 29.5. The quantitative estimate of drug-likeness (QED) is 0.425. The van der Waals surface area contributed by atoms with Gasteiger partial charge in [-0.25, -0.2) is 0 Å². The number of ether oxygens (including phenoxy) is 2. The van der Waals surface area contributed by atoms with Crippen molar-refractivity contribution >= 4 is 0 Å². The van der Waals surface area contributed by atoms with Crippen LogP contribution in [0.4, 0.5) is 0 Å². The fourth-order valence-corrected chi connectivity index (χ4v) is 2.77. The van der Waals surface area contributed by atoms with Gasteiger partial charge in [-0.2, -0.15) is 0 Å². The predicted octanol–water partition coefficient (Wildman–Crippen LogP) is -1.27. The maximum absolute atomic E-state index is 10.2. The van der Waals surface area contributed by atoms with Gasteiger partial charge in [0.2, 0.25) is 6.29 Å². The van der Waals surface area contributed by atoms with E-state index in [1.807, 2.05) is 0 Å².